The third-order valence-electron chi connectivity index (χ3n) is 6.65. The van der Waals surface area contributed by atoms with E-state index >= 15 is 0 Å². The molecule has 2 aromatic rings. The van der Waals surface area contributed by atoms with E-state index in [0.717, 1.165) is 24.7 Å². The third kappa shape index (κ3) is 7.00. The van der Waals surface area contributed by atoms with Crippen LogP contribution in [0.2, 0.25) is 0 Å². The van der Waals surface area contributed by atoms with E-state index in [1.165, 1.54) is 4.31 Å². The van der Waals surface area contributed by atoms with Gasteiger partial charge in [0.05, 0.1) is 11.9 Å². The first kappa shape index (κ1) is 26.5. The lowest BCUT2D eigenvalue weighted by Gasteiger charge is -2.32. The number of nitrogens with zero attached hydrogens (tertiary/aromatic N) is 2. The highest BCUT2D eigenvalue weighted by atomic mass is 32.2. The number of amides is 3. The third-order valence-corrected chi connectivity index (χ3v) is 7.83. The van der Waals surface area contributed by atoms with Crippen LogP contribution in [0.4, 0.5) is 11.4 Å². The molecule has 1 fully saturated rings. The van der Waals surface area contributed by atoms with Gasteiger partial charge in [0, 0.05) is 31.9 Å². The van der Waals surface area contributed by atoms with Crippen molar-refractivity contribution in [3.05, 3.63) is 54.1 Å². The number of likely N-dealkylation sites (tertiary alicyclic amines) is 1. The second-order valence-corrected chi connectivity index (χ2v) is 11.3. The van der Waals surface area contributed by atoms with Crippen molar-refractivity contribution in [2.45, 2.75) is 25.7 Å². The van der Waals surface area contributed by atoms with Gasteiger partial charge in [-0.05, 0) is 61.4 Å². The maximum absolute atomic E-state index is 12.4. The molecule has 0 atom stereocenters. The van der Waals surface area contributed by atoms with Crippen molar-refractivity contribution in [1.29, 1.82) is 0 Å². The van der Waals surface area contributed by atoms with Gasteiger partial charge in [-0.25, -0.2) is 8.42 Å². The number of rotatable bonds is 7. The number of fused-ring (bicyclic) bond motifs is 1. The molecule has 0 aromatic heterocycles. The Bertz CT molecular complexity index is 1240. The molecule has 0 bridgehead atoms. The van der Waals surface area contributed by atoms with Crippen molar-refractivity contribution in [1.82, 2.24) is 10.2 Å². The van der Waals surface area contributed by atoms with Crippen molar-refractivity contribution < 1.29 is 27.5 Å². The number of ether oxygens (including phenoxy) is 1. The van der Waals surface area contributed by atoms with E-state index in [1.54, 1.807) is 35.2 Å². The number of nitrogens with one attached hydrogen (secondary N) is 2. The Balaban J connectivity index is 1.21. The molecule has 2 N–H and O–H groups in total. The van der Waals surface area contributed by atoms with Crippen LogP contribution in [0.15, 0.2) is 48.5 Å². The maximum Gasteiger partial charge on any atom is 0.313 e. The summed E-state index contributed by atoms with van der Waals surface area (Å²) in [5.41, 5.74) is 1.78. The molecule has 2 aliphatic heterocycles. The van der Waals surface area contributed by atoms with Gasteiger partial charge in [0.15, 0.2) is 6.61 Å². The topological polar surface area (TPSA) is 125 Å². The van der Waals surface area contributed by atoms with Crippen molar-refractivity contribution in [3.8, 4) is 5.75 Å². The largest absolute Gasteiger partial charge is 0.484 e. The fourth-order valence-corrected chi connectivity index (χ4v) is 5.60. The van der Waals surface area contributed by atoms with Crippen LogP contribution in [0.25, 0.3) is 0 Å². The summed E-state index contributed by atoms with van der Waals surface area (Å²) in [5.74, 6) is -0.845. The Morgan fingerprint density at radius 1 is 1.00 bits per heavy atom. The van der Waals surface area contributed by atoms with Crippen molar-refractivity contribution in [3.63, 3.8) is 0 Å². The molecule has 2 aliphatic rings. The molecular weight excluding hydrogens is 496 g/mol. The summed E-state index contributed by atoms with van der Waals surface area (Å²) in [6.07, 6.45) is 4.05. The van der Waals surface area contributed by atoms with Crippen LogP contribution in [0.1, 0.15) is 24.8 Å². The molecule has 10 nitrogen and oxygen atoms in total. The minimum atomic E-state index is -3.44. The molecule has 2 aromatic carbocycles. The van der Waals surface area contributed by atoms with Crippen LogP contribution >= 0.6 is 0 Å². The monoisotopic (exact) mass is 528 g/mol. The number of carbonyl (C=O) groups is 3. The Kier molecular flexibility index (Phi) is 8.32. The van der Waals surface area contributed by atoms with Gasteiger partial charge in [-0.2, -0.15) is 0 Å². The molecule has 0 unspecified atom stereocenters. The van der Waals surface area contributed by atoms with Crippen LogP contribution in [0.3, 0.4) is 0 Å². The second kappa shape index (κ2) is 11.6. The summed E-state index contributed by atoms with van der Waals surface area (Å²) in [6.45, 7) is 1.83. The lowest BCUT2D eigenvalue weighted by Crippen LogP contribution is -2.44. The van der Waals surface area contributed by atoms with Gasteiger partial charge >= 0.3 is 11.8 Å². The van der Waals surface area contributed by atoms with Gasteiger partial charge < -0.3 is 20.3 Å². The molecule has 198 valence electrons. The van der Waals surface area contributed by atoms with E-state index in [2.05, 4.69) is 10.6 Å². The minimum Gasteiger partial charge on any atom is -0.484 e. The zero-order chi connectivity index (χ0) is 26.4. The molecule has 37 heavy (non-hydrogen) atoms. The lowest BCUT2D eigenvalue weighted by atomic mass is 9.96. The lowest BCUT2D eigenvalue weighted by molar-refractivity contribution is -0.136. The van der Waals surface area contributed by atoms with Crippen LogP contribution in [-0.2, 0) is 30.8 Å². The van der Waals surface area contributed by atoms with Crippen molar-refractivity contribution in [2.24, 2.45) is 5.92 Å². The molecule has 0 spiro atoms. The predicted octanol–water partition coefficient (Wildman–Crippen LogP) is 1.77. The molecular formula is C26H32N4O6S. The standard InChI is InChI=1S/C26H32N4O6S/c1-37(34,35)30-13-5-6-20-9-10-21(16-23(20)30)28-26(33)25(32)27-17-19-11-14-29(15-12-19)24(31)18-36-22-7-3-2-4-8-22/h2-4,7-10,16,19H,5-6,11-15,17-18H2,1H3,(H,27,32)(H,28,33). The number of hydrogen-bond acceptors (Lipinski definition) is 6. The first-order chi connectivity index (χ1) is 17.7. The predicted molar refractivity (Wildman–Crippen MR) is 140 cm³/mol. The van der Waals surface area contributed by atoms with Gasteiger partial charge in [0.2, 0.25) is 10.0 Å². The highest BCUT2D eigenvalue weighted by Gasteiger charge is 2.26. The average molecular weight is 529 g/mol. The highest BCUT2D eigenvalue weighted by molar-refractivity contribution is 7.92. The van der Waals surface area contributed by atoms with Gasteiger partial charge in [-0.15, -0.1) is 0 Å². The number of anilines is 2. The number of sulfonamides is 1. The molecule has 0 radical (unpaired) electrons. The van der Waals surface area contributed by atoms with E-state index in [4.69, 9.17) is 4.74 Å². The number of carbonyl (C=O) groups excluding carboxylic acids is 3. The van der Waals surface area contributed by atoms with Crippen LogP contribution < -0.4 is 19.7 Å². The molecule has 3 amide bonds. The Hall–Kier alpha value is -3.60. The van der Waals surface area contributed by atoms with Crippen LogP contribution in [0.5, 0.6) is 5.75 Å². The Morgan fingerprint density at radius 3 is 2.43 bits per heavy atom. The second-order valence-electron chi connectivity index (χ2n) is 9.37. The van der Waals surface area contributed by atoms with Crippen LogP contribution in [0, 0.1) is 5.92 Å². The number of aryl methyl sites for hydroxylation is 1. The SMILES string of the molecule is CS(=O)(=O)N1CCCc2ccc(NC(=O)C(=O)NCC3CCN(C(=O)COc4ccccc4)CC3)cc21. The smallest absolute Gasteiger partial charge is 0.313 e. The van der Waals surface area contributed by atoms with Crippen molar-refractivity contribution >= 4 is 39.1 Å². The number of benzene rings is 2. The molecule has 11 heteroatoms. The summed E-state index contributed by atoms with van der Waals surface area (Å²) in [7, 11) is -3.44. The first-order valence-corrected chi connectivity index (χ1v) is 14.2. The minimum absolute atomic E-state index is 0.0176. The van der Waals surface area contributed by atoms with Crippen molar-refractivity contribution in [2.75, 3.05) is 48.7 Å². The zero-order valence-corrected chi connectivity index (χ0v) is 21.6. The van der Waals surface area contributed by atoms with E-state index in [9.17, 15) is 22.8 Å². The number of piperidine rings is 1. The average Bonchev–Trinajstić information content (AvgIpc) is 2.90. The fourth-order valence-electron chi connectivity index (χ4n) is 4.61. The van der Waals surface area contributed by atoms with Gasteiger partial charge in [0.25, 0.3) is 5.91 Å². The zero-order valence-electron chi connectivity index (χ0n) is 20.8. The quantitative estimate of drug-likeness (QED) is 0.528. The van der Waals surface area contributed by atoms with E-state index in [1.807, 2.05) is 18.2 Å². The highest BCUT2D eigenvalue weighted by Crippen LogP contribution is 2.31. The maximum atomic E-state index is 12.4. The molecule has 2 heterocycles. The van der Waals surface area contributed by atoms with E-state index < -0.39 is 21.8 Å². The van der Waals surface area contributed by atoms with Gasteiger partial charge in [0.1, 0.15) is 5.75 Å². The summed E-state index contributed by atoms with van der Waals surface area (Å²) in [4.78, 5) is 39.0. The summed E-state index contributed by atoms with van der Waals surface area (Å²) < 4.78 is 31.1. The summed E-state index contributed by atoms with van der Waals surface area (Å²) in [6, 6.07) is 14.2. The Labute approximate surface area is 217 Å². The van der Waals surface area contributed by atoms with Crippen LogP contribution in [-0.4, -0.2) is 70.1 Å². The number of hydrogen-bond donors (Lipinski definition) is 2. The van der Waals surface area contributed by atoms with E-state index in [0.29, 0.717) is 56.1 Å². The molecule has 0 saturated carbocycles. The molecule has 4 rings (SSSR count). The first-order valence-electron chi connectivity index (χ1n) is 12.4. The summed E-state index contributed by atoms with van der Waals surface area (Å²) in [5, 5.41) is 5.23. The van der Waals surface area contributed by atoms with Gasteiger partial charge in [-0.3, -0.25) is 18.7 Å². The number of para-hydroxylation sites is 1. The Morgan fingerprint density at radius 2 is 1.73 bits per heavy atom. The summed E-state index contributed by atoms with van der Waals surface area (Å²) >= 11 is 0. The van der Waals surface area contributed by atoms with Gasteiger partial charge in [-0.1, -0.05) is 24.3 Å². The fraction of sp³-hybridized carbons (Fsp3) is 0.423. The molecule has 0 aliphatic carbocycles. The molecule has 1 saturated heterocycles. The van der Waals surface area contributed by atoms with E-state index in [-0.39, 0.29) is 18.4 Å². The normalized spacial score (nSPS) is 16.0.